The third-order valence-electron chi connectivity index (χ3n) is 1.44. The molecule has 0 saturated heterocycles. The van der Waals surface area contributed by atoms with Gasteiger partial charge in [0.25, 0.3) is 0 Å². The summed E-state index contributed by atoms with van der Waals surface area (Å²) < 4.78 is 1.16. The lowest BCUT2D eigenvalue weighted by molar-refractivity contribution is 0.185. The van der Waals surface area contributed by atoms with E-state index >= 15 is 0 Å². The van der Waals surface area contributed by atoms with Crippen LogP contribution >= 0.6 is 27.3 Å². The van der Waals surface area contributed by atoms with Gasteiger partial charge in [0, 0.05) is 4.88 Å². The van der Waals surface area contributed by atoms with Gasteiger partial charge < -0.3 is 5.11 Å². The van der Waals surface area contributed by atoms with Crippen LogP contribution in [0.3, 0.4) is 0 Å². The zero-order chi connectivity index (χ0) is 8.27. The number of halogens is 1. The third-order valence-corrected chi connectivity index (χ3v) is 3.12. The van der Waals surface area contributed by atoms with E-state index in [1.807, 2.05) is 13.0 Å². The molecule has 1 aromatic heterocycles. The van der Waals surface area contributed by atoms with E-state index in [-0.39, 0.29) is 6.10 Å². The van der Waals surface area contributed by atoms with Crippen LogP contribution < -0.4 is 0 Å². The summed E-state index contributed by atoms with van der Waals surface area (Å²) >= 11 is 5.13. The Kier molecular flexibility index (Phi) is 3.55. The first-order valence-electron chi connectivity index (χ1n) is 3.61. The van der Waals surface area contributed by atoms with Crippen molar-refractivity contribution >= 4 is 27.3 Å². The summed E-state index contributed by atoms with van der Waals surface area (Å²) in [6.07, 6.45) is 1.65. The zero-order valence-corrected chi connectivity index (χ0v) is 8.78. The molecule has 0 unspecified atom stereocenters. The molecule has 1 N–H and O–H groups in total. The molecule has 0 aromatic carbocycles. The Labute approximate surface area is 79.2 Å². The van der Waals surface area contributed by atoms with Gasteiger partial charge in [0.15, 0.2) is 0 Å². The molecule has 1 heterocycles. The molecule has 1 nitrogen and oxygen atoms in total. The van der Waals surface area contributed by atoms with Crippen molar-refractivity contribution in [1.29, 1.82) is 0 Å². The SMILES string of the molecule is C[C@H](O)CCc1ccc(Br)s1. The highest BCUT2D eigenvalue weighted by Crippen LogP contribution is 2.23. The maximum atomic E-state index is 9.01. The molecule has 1 atom stereocenters. The summed E-state index contributed by atoms with van der Waals surface area (Å²) in [6.45, 7) is 1.82. The van der Waals surface area contributed by atoms with Crippen LogP contribution in [0.5, 0.6) is 0 Å². The predicted octanol–water partition coefficient (Wildman–Crippen LogP) is 2.82. The average Bonchev–Trinajstić information content (AvgIpc) is 2.31. The Hall–Kier alpha value is 0.140. The molecule has 0 radical (unpaired) electrons. The van der Waals surface area contributed by atoms with Crippen molar-refractivity contribution in [2.75, 3.05) is 0 Å². The summed E-state index contributed by atoms with van der Waals surface area (Å²) in [6, 6.07) is 4.14. The van der Waals surface area contributed by atoms with Gasteiger partial charge in [-0.3, -0.25) is 0 Å². The average molecular weight is 235 g/mol. The standard InChI is InChI=1S/C8H11BrOS/c1-6(10)2-3-7-4-5-8(9)11-7/h4-6,10H,2-3H2,1H3/t6-/m0/s1. The molecular weight excluding hydrogens is 224 g/mol. The largest absolute Gasteiger partial charge is 0.393 e. The molecular formula is C8H11BrOS. The number of rotatable bonds is 3. The highest BCUT2D eigenvalue weighted by molar-refractivity contribution is 9.11. The molecule has 0 spiro atoms. The highest BCUT2D eigenvalue weighted by Gasteiger charge is 1.99. The van der Waals surface area contributed by atoms with Crippen molar-refractivity contribution in [3.05, 3.63) is 20.8 Å². The van der Waals surface area contributed by atoms with Crippen molar-refractivity contribution in [1.82, 2.24) is 0 Å². The number of aryl methyl sites for hydroxylation is 1. The zero-order valence-electron chi connectivity index (χ0n) is 6.38. The van der Waals surface area contributed by atoms with Crippen LogP contribution in [0.4, 0.5) is 0 Å². The minimum atomic E-state index is -0.184. The monoisotopic (exact) mass is 234 g/mol. The van der Waals surface area contributed by atoms with Gasteiger partial charge >= 0.3 is 0 Å². The maximum absolute atomic E-state index is 9.01. The minimum Gasteiger partial charge on any atom is -0.393 e. The molecule has 1 rings (SSSR count). The minimum absolute atomic E-state index is 0.184. The second kappa shape index (κ2) is 4.24. The topological polar surface area (TPSA) is 20.2 Å². The van der Waals surface area contributed by atoms with Gasteiger partial charge in [-0.1, -0.05) is 0 Å². The van der Waals surface area contributed by atoms with Gasteiger partial charge in [-0.2, -0.15) is 0 Å². The van der Waals surface area contributed by atoms with Crippen LogP contribution in [0.1, 0.15) is 18.2 Å². The smallest absolute Gasteiger partial charge is 0.0701 e. The summed E-state index contributed by atoms with van der Waals surface area (Å²) in [5.74, 6) is 0. The van der Waals surface area contributed by atoms with Crippen LogP contribution in [0, 0.1) is 0 Å². The molecule has 3 heteroatoms. The van der Waals surface area contributed by atoms with Gasteiger partial charge in [-0.15, -0.1) is 11.3 Å². The Bertz CT molecular complexity index is 220. The Morgan fingerprint density at radius 2 is 2.36 bits per heavy atom. The van der Waals surface area contributed by atoms with Crippen LogP contribution in [0.2, 0.25) is 0 Å². The van der Waals surface area contributed by atoms with Gasteiger partial charge in [0.1, 0.15) is 0 Å². The fourth-order valence-electron chi connectivity index (χ4n) is 0.837. The number of thiophene rings is 1. The molecule has 0 aliphatic carbocycles. The Morgan fingerprint density at radius 1 is 1.64 bits per heavy atom. The van der Waals surface area contributed by atoms with Crippen molar-refractivity contribution < 1.29 is 5.11 Å². The second-order valence-corrected chi connectivity index (χ2v) is 5.14. The summed E-state index contributed by atoms with van der Waals surface area (Å²) in [5.41, 5.74) is 0. The van der Waals surface area contributed by atoms with Crippen molar-refractivity contribution in [2.45, 2.75) is 25.9 Å². The van der Waals surface area contributed by atoms with E-state index in [1.165, 1.54) is 4.88 Å². The molecule has 62 valence electrons. The molecule has 0 saturated carbocycles. The quantitative estimate of drug-likeness (QED) is 0.854. The van der Waals surface area contributed by atoms with E-state index in [0.29, 0.717) is 0 Å². The molecule has 11 heavy (non-hydrogen) atoms. The van der Waals surface area contributed by atoms with E-state index in [4.69, 9.17) is 5.11 Å². The molecule has 0 aliphatic heterocycles. The second-order valence-electron chi connectivity index (χ2n) is 2.59. The van der Waals surface area contributed by atoms with Gasteiger partial charge in [0.2, 0.25) is 0 Å². The number of aliphatic hydroxyl groups is 1. The van der Waals surface area contributed by atoms with Crippen molar-refractivity contribution in [2.24, 2.45) is 0 Å². The van der Waals surface area contributed by atoms with Crippen LogP contribution in [-0.2, 0) is 6.42 Å². The van der Waals surface area contributed by atoms with Crippen LogP contribution in [-0.4, -0.2) is 11.2 Å². The van der Waals surface area contributed by atoms with E-state index in [1.54, 1.807) is 11.3 Å². The molecule has 0 aliphatic rings. The van der Waals surface area contributed by atoms with E-state index in [2.05, 4.69) is 22.0 Å². The number of hydrogen-bond acceptors (Lipinski definition) is 2. The van der Waals surface area contributed by atoms with E-state index in [0.717, 1.165) is 16.6 Å². The summed E-state index contributed by atoms with van der Waals surface area (Å²) in [7, 11) is 0. The third kappa shape index (κ3) is 3.36. The molecule has 0 fully saturated rings. The molecule has 0 bridgehead atoms. The molecule has 1 aromatic rings. The van der Waals surface area contributed by atoms with E-state index in [9.17, 15) is 0 Å². The van der Waals surface area contributed by atoms with Gasteiger partial charge in [0.05, 0.1) is 9.89 Å². The Balaban J connectivity index is 2.39. The lowest BCUT2D eigenvalue weighted by Gasteiger charge is -2.00. The lowest BCUT2D eigenvalue weighted by atomic mass is 10.2. The Morgan fingerprint density at radius 3 is 2.82 bits per heavy atom. The van der Waals surface area contributed by atoms with Gasteiger partial charge in [-0.05, 0) is 47.8 Å². The first-order valence-corrected chi connectivity index (χ1v) is 5.21. The number of aliphatic hydroxyl groups excluding tert-OH is 1. The lowest BCUT2D eigenvalue weighted by Crippen LogP contribution is -1.99. The number of hydrogen-bond donors (Lipinski definition) is 1. The summed E-state index contributed by atoms with van der Waals surface area (Å²) in [4.78, 5) is 1.33. The van der Waals surface area contributed by atoms with Crippen LogP contribution in [0.15, 0.2) is 15.9 Å². The van der Waals surface area contributed by atoms with Gasteiger partial charge in [-0.25, -0.2) is 0 Å². The predicted molar refractivity (Wildman–Crippen MR) is 52.0 cm³/mol. The fourth-order valence-corrected chi connectivity index (χ4v) is 2.34. The normalized spacial score (nSPS) is 13.4. The summed E-state index contributed by atoms with van der Waals surface area (Å²) in [5, 5.41) is 9.01. The van der Waals surface area contributed by atoms with Crippen LogP contribution in [0.25, 0.3) is 0 Å². The molecule has 0 amide bonds. The first-order chi connectivity index (χ1) is 5.18. The maximum Gasteiger partial charge on any atom is 0.0701 e. The van der Waals surface area contributed by atoms with Crippen molar-refractivity contribution in [3.8, 4) is 0 Å². The highest BCUT2D eigenvalue weighted by atomic mass is 79.9. The van der Waals surface area contributed by atoms with E-state index < -0.39 is 0 Å². The fraction of sp³-hybridized carbons (Fsp3) is 0.500. The van der Waals surface area contributed by atoms with Crippen molar-refractivity contribution in [3.63, 3.8) is 0 Å². The first kappa shape index (κ1) is 9.23.